The maximum Gasteiger partial charge on any atom is 0.451 e. The van der Waals surface area contributed by atoms with Gasteiger partial charge in [0.05, 0.1) is 0 Å². The topological polar surface area (TPSA) is 63.8 Å². The lowest BCUT2D eigenvalue weighted by molar-refractivity contribution is -0.145. The lowest BCUT2D eigenvalue weighted by Gasteiger charge is -2.07. The van der Waals surface area contributed by atoms with E-state index in [0.29, 0.717) is 0 Å². The third kappa shape index (κ3) is 2.28. The molecule has 0 amide bonds. The number of hydrogen-bond acceptors (Lipinski definition) is 4. The average Bonchev–Trinajstić information content (AvgIpc) is 2.01. The lowest BCUT2D eigenvalue weighted by atomic mass is 10.4. The van der Waals surface area contributed by atoms with Gasteiger partial charge in [-0.15, -0.1) is 0 Å². The van der Waals surface area contributed by atoms with E-state index in [1.54, 1.807) is 0 Å². The van der Waals surface area contributed by atoms with Crippen molar-refractivity contribution in [1.82, 2.24) is 9.97 Å². The minimum atomic E-state index is -4.54. The molecule has 0 bridgehead atoms. The molecule has 0 fully saturated rings. The Balaban J connectivity index is 3.16. The summed E-state index contributed by atoms with van der Waals surface area (Å²) in [7, 11) is 0. The normalized spacial score (nSPS) is 11.5. The Morgan fingerprint density at radius 3 is 2.46 bits per heavy atom. The van der Waals surface area contributed by atoms with Crippen LogP contribution in [-0.2, 0) is 6.18 Å². The van der Waals surface area contributed by atoms with E-state index < -0.39 is 12.0 Å². The molecule has 1 rings (SSSR count). The van der Waals surface area contributed by atoms with Crippen LogP contribution in [0.3, 0.4) is 0 Å². The number of rotatable bonds is 1. The molecule has 0 saturated carbocycles. The fourth-order valence-electron chi connectivity index (χ4n) is 0.769. The second-order valence-electron chi connectivity index (χ2n) is 2.36. The number of alkyl halides is 3. The number of anilines is 1. The molecule has 0 aromatic carbocycles. The Morgan fingerprint density at radius 1 is 1.38 bits per heavy atom. The molecule has 0 aliphatic carbocycles. The first-order valence-corrected chi connectivity index (χ1v) is 3.33. The summed E-state index contributed by atoms with van der Waals surface area (Å²) >= 11 is 0. The molecule has 1 aromatic heterocycles. The number of aryl methyl sites for hydroxylation is 1. The van der Waals surface area contributed by atoms with E-state index in [2.05, 4.69) is 9.97 Å². The number of halogens is 3. The number of nitrogens with zero attached hydrogens (tertiary/aromatic N) is 2. The Bertz CT molecular complexity index is 309. The first-order valence-electron chi connectivity index (χ1n) is 3.33. The maximum absolute atomic E-state index is 12.1. The monoisotopic (exact) mass is 192 g/mol. The van der Waals surface area contributed by atoms with Gasteiger partial charge in [0.1, 0.15) is 5.82 Å². The van der Waals surface area contributed by atoms with Gasteiger partial charge in [-0.3, -0.25) is 0 Å². The highest BCUT2D eigenvalue weighted by Gasteiger charge is 2.35. The van der Waals surface area contributed by atoms with Gasteiger partial charge < -0.3 is 5.43 Å². The molecule has 1 aromatic rings. The van der Waals surface area contributed by atoms with Crippen LogP contribution < -0.4 is 11.3 Å². The third-order valence-corrected chi connectivity index (χ3v) is 1.26. The largest absolute Gasteiger partial charge is 0.451 e. The average molecular weight is 192 g/mol. The Morgan fingerprint density at radius 2 is 2.00 bits per heavy atom. The SMILES string of the molecule is Cc1cc(NN)nc(C(F)(F)F)n1. The predicted octanol–water partition coefficient (Wildman–Crippen LogP) is 1.09. The number of aromatic nitrogens is 2. The van der Waals surface area contributed by atoms with Crippen molar-refractivity contribution in [2.45, 2.75) is 13.1 Å². The van der Waals surface area contributed by atoms with Crippen LogP contribution in [0.1, 0.15) is 11.5 Å². The van der Waals surface area contributed by atoms with Crippen LogP contribution in [0.5, 0.6) is 0 Å². The molecule has 3 N–H and O–H groups in total. The zero-order valence-corrected chi connectivity index (χ0v) is 6.68. The van der Waals surface area contributed by atoms with Gasteiger partial charge in [0.25, 0.3) is 0 Å². The quantitative estimate of drug-likeness (QED) is 0.516. The highest BCUT2D eigenvalue weighted by Crippen LogP contribution is 2.26. The number of nitrogens with one attached hydrogen (secondary N) is 1. The second kappa shape index (κ2) is 3.17. The fourth-order valence-corrected chi connectivity index (χ4v) is 0.769. The summed E-state index contributed by atoms with van der Waals surface area (Å²) in [5, 5.41) is 0. The molecular formula is C6H7F3N4. The Labute approximate surface area is 72.0 Å². The molecule has 72 valence electrons. The molecule has 0 aliphatic rings. The fraction of sp³-hybridized carbons (Fsp3) is 0.333. The summed E-state index contributed by atoms with van der Waals surface area (Å²) in [5.41, 5.74) is 2.23. The minimum Gasteiger partial charge on any atom is -0.308 e. The molecule has 0 aliphatic heterocycles. The van der Waals surface area contributed by atoms with Crippen molar-refractivity contribution in [3.05, 3.63) is 17.6 Å². The first kappa shape index (κ1) is 9.72. The molecular weight excluding hydrogens is 185 g/mol. The summed E-state index contributed by atoms with van der Waals surface area (Å²) < 4.78 is 36.3. The van der Waals surface area contributed by atoms with E-state index in [-0.39, 0.29) is 11.5 Å². The van der Waals surface area contributed by atoms with Gasteiger partial charge in [0.2, 0.25) is 5.82 Å². The number of nitrogen functional groups attached to an aromatic ring is 1. The van der Waals surface area contributed by atoms with Crippen LogP contribution in [-0.4, -0.2) is 9.97 Å². The summed E-state index contributed by atoms with van der Waals surface area (Å²) in [4.78, 5) is 6.37. The zero-order valence-electron chi connectivity index (χ0n) is 6.68. The van der Waals surface area contributed by atoms with E-state index >= 15 is 0 Å². The lowest BCUT2D eigenvalue weighted by Crippen LogP contribution is -2.16. The molecule has 13 heavy (non-hydrogen) atoms. The van der Waals surface area contributed by atoms with Crippen molar-refractivity contribution >= 4 is 5.82 Å². The maximum atomic E-state index is 12.1. The van der Waals surface area contributed by atoms with Gasteiger partial charge in [-0.1, -0.05) is 0 Å². The van der Waals surface area contributed by atoms with Crippen LogP contribution in [0.25, 0.3) is 0 Å². The number of hydrazine groups is 1. The van der Waals surface area contributed by atoms with Gasteiger partial charge in [-0.25, -0.2) is 15.8 Å². The summed E-state index contributed by atoms with van der Waals surface area (Å²) in [6.07, 6.45) is -4.54. The van der Waals surface area contributed by atoms with Gasteiger partial charge in [0, 0.05) is 11.8 Å². The van der Waals surface area contributed by atoms with Crippen LogP contribution in [0, 0.1) is 6.92 Å². The summed E-state index contributed by atoms with van der Waals surface area (Å²) in [5.74, 6) is 3.67. The van der Waals surface area contributed by atoms with Crippen molar-refractivity contribution in [3.8, 4) is 0 Å². The molecule has 0 unspecified atom stereocenters. The molecule has 0 spiro atoms. The van der Waals surface area contributed by atoms with Gasteiger partial charge in [-0.2, -0.15) is 13.2 Å². The summed E-state index contributed by atoms with van der Waals surface area (Å²) in [6, 6.07) is 1.31. The van der Waals surface area contributed by atoms with Crippen molar-refractivity contribution < 1.29 is 13.2 Å². The van der Waals surface area contributed by atoms with E-state index in [9.17, 15) is 13.2 Å². The minimum absolute atomic E-state index is 0.0557. The van der Waals surface area contributed by atoms with Crippen LogP contribution >= 0.6 is 0 Å². The molecule has 1 heterocycles. The number of nitrogens with two attached hydrogens (primary N) is 1. The molecule has 0 atom stereocenters. The van der Waals surface area contributed by atoms with Crippen molar-refractivity contribution in [1.29, 1.82) is 0 Å². The molecule has 0 saturated heterocycles. The van der Waals surface area contributed by atoms with Gasteiger partial charge >= 0.3 is 6.18 Å². The van der Waals surface area contributed by atoms with E-state index in [4.69, 9.17) is 5.84 Å². The highest BCUT2D eigenvalue weighted by atomic mass is 19.4. The summed E-state index contributed by atoms with van der Waals surface area (Å²) in [6.45, 7) is 1.43. The van der Waals surface area contributed by atoms with Crippen molar-refractivity contribution in [3.63, 3.8) is 0 Å². The van der Waals surface area contributed by atoms with Crippen molar-refractivity contribution in [2.75, 3.05) is 5.43 Å². The van der Waals surface area contributed by atoms with Crippen LogP contribution in [0.2, 0.25) is 0 Å². The van der Waals surface area contributed by atoms with Crippen LogP contribution in [0.15, 0.2) is 6.07 Å². The second-order valence-corrected chi connectivity index (χ2v) is 2.36. The first-order chi connectivity index (χ1) is 5.93. The highest BCUT2D eigenvalue weighted by molar-refractivity contribution is 5.34. The Hall–Kier alpha value is -1.37. The van der Waals surface area contributed by atoms with Crippen molar-refractivity contribution in [2.24, 2.45) is 5.84 Å². The van der Waals surface area contributed by atoms with Gasteiger partial charge in [0.15, 0.2) is 0 Å². The standard InChI is InChI=1S/C6H7F3N4/c1-3-2-4(13-10)12-5(11-3)6(7,8)9/h2H,10H2,1H3,(H,11,12,13). The van der Waals surface area contributed by atoms with E-state index in [1.165, 1.54) is 13.0 Å². The van der Waals surface area contributed by atoms with Crippen LogP contribution in [0.4, 0.5) is 19.0 Å². The molecule has 4 nitrogen and oxygen atoms in total. The zero-order chi connectivity index (χ0) is 10.1. The molecule has 0 radical (unpaired) electrons. The van der Waals surface area contributed by atoms with E-state index in [1.807, 2.05) is 5.43 Å². The van der Waals surface area contributed by atoms with Gasteiger partial charge in [-0.05, 0) is 6.92 Å². The van der Waals surface area contributed by atoms with E-state index in [0.717, 1.165) is 0 Å². The Kier molecular flexibility index (Phi) is 2.37. The predicted molar refractivity (Wildman–Crippen MR) is 39.6 cm³/mol. The third-order valence-electron chi connectivity index (χ3n) is 1.26. The number of hydrogen-bond donors (Lipinski definition) is 2. The molecule has 7 heteroatoms. The smallest absolute Gasteiger partial charge is 0.308 e.